The predicted octanol–water partition coefficient (Wildman–Crippen LogP) is 3.20. The molecule has 0 aliphatic carbocycles. The standard InChI is InChI=1S/C19H16BrN5O/c20-15-7-8-17-23-16(13-24(17)12-15)11-21-19(26)18(25-10-4-9-22-25)14-5-2-1-3-6-14/h1-10,12-13,18H,11H2,(H,21,26). The molecule has 4 rings (SSSR count). The van der Waals surface area contributed by atoms with Gasteiger partial charge in [-0.3, -0.25) is 9.48 Å². The van der Waals surface area contributed by atoms with Crippen LogP contribution in [0.1, 0.15) is 17.3 Å². The van der Waals surface area contributed by atoms with Gasteiger partial charge in [-0.25, -0.2) is 4.98 Å². The zero-order valence-corrected chi connectivity index (χ0v) is 15.4. The van der Waals surface area contributed by atoms with Gasteiger partial charge in [-0.15, -0.1) is 0 Å². The van der Waals surface area contributed by atoms with Gasteiger partial charge >= 0.3 is 0 Å². The van der Waals surface area contributed by atoms with E-state index in [0.717, 1.165) is 21.4 Å². The number of rotatable bonds is 5. The molecule has 130 valence electrons. The maximum absolute atomic E-state index is 12.9. The van der Waals surface area contributed by atoms with Crippen molar-refractivity contribution in [3.8, 4) is 0 Å². The van der Waals surface area contributed by atoms with Gasteiger partial charge in [0.05, 0.1) is 12.2 Å². The highest BCUT2D eigenvalue weighted by molar-refractivity contribution is 9.10. The summed E-state index contributed by atoms with van der Waals surface area (Å²) in [6.07, 6.45) is 7.30. The molecule has 1 N–H and O–H groups in total. The van der Waals surface area contributed by atoms with Crippen molar-refractivity contribution in [3.05, 3.63) is 89.0 Å². The summed E-state index contributed by atoms with van der Waals surface area (Å²) in [6.45, 7) is 0.350. The quantitative estimate of drug-likeness (QED) is 0.550. The van der Waals surface area contributed by atoms with Gasteiger partial charge in [0.25, 0.3) is 0 Å². The van der Waals surface area contributed by atoms with Gasteiger partial charge in [0, 0.05) is 29.3 Å². The number of pyridine rings is 1. The number of hydrogen-bond acceptors (Lipinski definition) is 3. The lowest BCUT2D eigenvalue weighted by Gasteiger charge is -2.17. The van der Waals surface area contributed by atoms with Crippen LogP contribution in [0.15, 0.2) is 77.8 Å². The molecule has 0 spiro atoms. The lowest BCUT2D eigenvalue weighted by atomic mass is 10.1. The van der Waals surface area contributed by atoms with E-state index in [0.29, 0.717) is 6.54 Å². The van der Waals surface area contributed by atoms with Gasteiger partial charge in [0.2, 0.25) is 5.91 Å². The summed E-state index contributed by atoms with van der Waals surface area (Å²) in [6, 6.07) is 14.8. The van der Waals surface area contributed by atoms with E-state index in [4.69, 9.17) is 0 Å². The van der Waals surface area contributed by atoms with Crippen LogP contribution in [0.4, 0.5) is 0 Å². The zero-order chi connectivity index (χ0) is 17.9. The number of amides is 1. The van der Waals surface area contributed by atoms with E-state index in [2.05, 4.69) is 31.3 Å². The van der Waals surface area contributed by atoms with E-state index in [1.807, 2.05) is 65.3 Å². The molecule has 1 amide bonds. The molecule has 0 radical (unpaired) electrons. The van der Waals surface area contributed by atoms with Crippen LogP contribution in [0.5, 0.6) is 0 Å². The number of nitrogens with one attached hydrogen (secondary N) is 1. The molecule has 3 aromatic heterocycles. The topological polar surface area (TPSA) is 64.2 Å². The second-order valence-electron chi connectivity index (χ2n) is 5.86. The van der Waals surface area contributed by atoms with Crippen LogP contribution < -0.4 is 5.32 Å². The van der Waals surface area contributed by atoms with Crippen LogP contribution in [-0.2, 0) is 11.3 Å². The Morgan fingerprint density at radius 2 is 1.96 bits per heavy atom. The van der Waals surface area contributed by atoms with Crippen LogP contribution in [0.25, 0.3) is 5.65 Å². The number of carbonyl (C=O) groups is 1. The molecule has 1 aromatic carbocycles. The summed E-state index contributed by atoms with van der Waals surface area (Å²) >= 11 is 3.44. The Kier molecular flexibility index (Phi) is 4.53. The van der Waals surface area contributed by atoms with E-state index in [1.165, 1.54) is 0 Å². The molecule has 6 nitrogen and oxygen atoms in total. The number of imidazole rings is 1. The fourth-order valence-corrected chi connectivity index (χ4v) is 3.22. The first-order valence-electron chi connectivity index (χ1n) is 8.15. The fraction of sp³-hybridized carbons (Fsp3) is 0.105. The number of carbonyl (C=O) groups excluding carboxylic acids is 1. The number of aromatic nitrogens is 4. The molecule has 0 saturated heterocycles. The number of benzene rings is 1. The Morgan fingerprint density at radius 3 is 2.73 bits per heavy atom. The summed E-state index contributed by atoms with van der Waals surface area (Å²) < 4.78 is 4.56. The van der Waals surface area contributed by atoms with Crippen LogP contribution in [-0.4, -0.2) is 25.1 Å². The summed E-state index contributed by atoms with van der Waals surface area (Å²) in [7, 11) is 0. The van der Waals surface area contributed by atoms with E-state index in [9.17, 15) is 4.79 Å². The molecule has 1 atom stereocenters. The SMILES string of the molecule is O=C(NCc1cn2cc(Br)ccc2n1)C(c1ccccc1)n1cccn1. The number of hydrogen-bond donors (Lipinski definition) is 1. The third-order valence-electron chi connectivity index (χ3n) is 4.06. The molecule has 0 aliphatic heterocycles. The van der Waals surface area contributed by atoms with Gasteiger partial charge in [-0.2, -0.15) is 5.10 Å². The minimum absolute atomic E-state index is 0.127. The largest absolute Gasteiger partial charge is 0.348 e. The molecule has 4 aromatic rings. The lowest BCUT2D eigenvalue weighted by molar-refractivity contribution is -0.123. The minimum Gasteiger partial charge on any atom is -0.348 e. The summed E-state index contributed by atoms with van der Waals surface area (Å²) in [5, 5.41) is 7.22. The fourth-order valence-electron chi connectivity index (χ4n) is 2.87. The zero-order valence-electron chi connectivity index (χ0n) is 13.8. The van der Waals surface area contributed by atoms with Crippen LogP contribution >= 0.6 is 15.9 Å². The normalized spacial score (nSPS) is 12.2. The number of fused-ring (bicyclic) bond motifs is 1. The number of halogens is 1. The molecule has 0 aliphatic rings. The van der Waals surface area contributed by atoms with Crippen molar-refractivity contribution >= 4 is 27.5 Å². The first-order valence-corrected chi connectivity index (χ1v) is 8.95. The summed E-state index contributed by atoms with van der Waals surface area (Å²) in [4.78, 5) is 17.4. The Bertz CT molecular complexity index is 1030. The van der Waals surface area contributed by atoms with E-state index in [1.54, 1.807) is 17.1 Å². The third-order valence-corrected chi connectivity index (χ3v) is 4.53. The van der Waals surface area contributed by atoms with E-state index in [-0.39, 0.29) is 5.91 Å². The second-order valence-corrected chi connectivity index (χ2v) is 6.78. The Labute approximate surface area is 158 Å². The molecule has 1 unspecified atom stereocenters. The number of nitrogens with zero attached hydrogens (tertiary/aromatic N) is 4. The van der Waals surface area contributed by atoms with Gasteiger partial charge in [0.1, 0.15) is 5.65 Å². The highest BCUT2D eigenvalue weighted by Gasteiger charge is 2.22. The third kappa shape index (κ3) is 3.39. The maximum Gasteiger partial charge on any atom is 0.249 e. The van der Waals surface area contributed by atoms with Crippen molar-refractivity contribution in [3.63, 3.8) is 0 Å². The highest BCUT2D eigenvalue weighted by atomic mass is 79.9. The Hall–Kier alpha value is -2.93. The maximum atomic E-state index is 12.9. The van der Waals surface area contributed by atoms with Gasteiger partial charge in [-0.05, 0) is 39.7 Å². The van der Waals surface area contributed by atoms with E-state index < -0.39 is 6.04 Å². The highest BCUT2D eigenvalue weighted by Crippen LogP contribution is 2.18. The molecule has 7 heteroatoms. The molecule has 26 heavy (non-hydrogen) atoms. The van der Waals surface area contributed by atoms with Gasteiger partial charge in [0.15, 0.2) is 6.04 Å². The minimum atomic E-state index is -0.516. The van der Waals surface area contributed by atoms with Crippen LogP contribution in [0.3, 0.4) is 0 Å². The summed E-state index contributed by atoms with van der Waals surface area (Å²) in [5.41, 5.74) is 2.51. The lowest BCUT2D eigenvalue weighted by Crippen LogP contribution is -2.33. The Balaban J connectivity index is 1.54. The predicted molar refractivity (Wildman–Crippen MR) is 102 cm³/mol. The molecule has 0 saturated carbocycles. The van der Waals surface area contributed by atoms with Crippen molar-refractivity contribution in [1.29, 1.82) is 0 Å². The molecule has 0 bridgehead atoms. The average molecular weight is 410 g/mol. The van der Waals surface area contributed by atoms with E-state index >= 15 is 0 Å². The van der Waals surface area contributed by atoms with Gasteiger partial charge in [-0.1, -0.05) is 30.3 Å². The van der Waals surface area contributed by atoms with Gasteiger partial charge < -0.3 is 9.72 Å². The molecule has 0 fully saturated rings. The van der Waals surface area contributed by atoms with Crippen molar-refractivity contribution in [2.75, 3.05) is 0 Å². The Morgan fingerprint density at radius 1 is 1.12 bits per heavy atom. The molecular weight excluding hydrogens is 394 g/mol. The van der Waals surface area contributed by atoms with Crippen molar-refractivity contribution in [2.45, 2.75) is 12.6 Å². The molecular formula is C19H16BrN5O. The first-order chi connectivity index (χ1) is 12.7. The second kappa shape index (κ2) is 7.13. The van der Waals surface area contributed by atoms with Crippen molar-refractivity contribution < 1.29 is 4.79 Å². The van der Waals surface area contributed by atoms with Crippen LogP contribution in [0.2, 0.25) is 0 Å². The smallest absolute Gasteiger partial charge is 0.249 e. The van der Waals surface area contributed by atoms with Crippen molar-refractivity contribution in [2.24, 2.45) is 0 Å². The van der Waals surface area contributed by atoms with Crippen molar-refractivity contribution in [1.82, 2.24) is 24.5 Å². The first kappa shape index (κ1) is 16.5. The molecule has 3 heterocycles. The average Bonchev–Trinajstić information content (AvgIpc) is 3.30. The van der Waals surface area contributed by atoms with Crippen LogP contribution in [0, 0.1) is 0 Å². The monoisotopic (exact) mass is 409 g/mol. The summed E-state index contributed by atoms with van der Waals surface area (Å²) in [5.74, 6) is -0.127.